The van der Waals surface area contributed by atoms with Gasteiger partial charge in [-0.25, -0.2) is 23.0 Å². The number of esters is 1. The monoisotopic (exact) mass is 866 g/mol. The van der Waals surface area contributed by atoms with E-state index in [0.29, 0.717) is 64.5 Å². The Morgan fingerprint density at radius 2 is 1.50 bits per heavy atom. The minimum Gasteiger partial charge on any atom is -0.497 e. The molecule has 4 aromatic carbocycles. The second-order valence-corrected chi connectivity index (χ2v) is 16.9. The van der Waals surface area contributed by atoms with Crippen molar-refractivity contribution in [2.24, 2.45) is 7.05 Å². The first-order chi connectivity index (χ1) is 29.5. The van der Waals surface area contributed by atoms with Crippen molar-refractivity contribution in [2.75, 3.05) is 61.5 Å². The second kappa shape index (κ2) is 19.2. The van der Waals surface area contributed by atoms with Gasteiger partial charge in [0.25, 0.3) is 0 Å². The molecule has 0 aliphatic rings. The molecule has 0 saturated heterocycles. The van der Waals surface area contributed by atoms with Crippen LogP contribution in [0.5, 0.6) is 28.7 Å². The lowest BCUT2D eigenvalue weighted by atomic mass is 9.86. The topological polar surface area (TPSA) is 190 Å². The Morgan fingerprint density at radius 3 is 2.21 bits per heavy atom. The minimum absolute atomic E-state index is 0.165. The van der Waals surface area contributed by atoms with E-state index in [4.69, 9.17) is 28.4 Å². The molecule has 0 bridgehead atoms. The molecule has 16 nitrogen and oxygen atoms in total. The van der Waals surface area contributed by atoms with Gasteiger partial charge < -0.3 is 48.9 Å². The van der Waals surface area contributed by atoms with Crippen molar-refractivity contribution in [2.45, 2.75) is 32.8 Å². The number of rotatable bonds is 17. The molecule has 0 fully saturated rings. The predicted molar refractivity (Wildman–Crippen MR) is 239 cm³/mol. The number of ether oxygens (including phenoxy) is 6. The smallest absolute Gasteiger partial charge is 0.354 e. The third-order valence-electron chi connectivity index (χ3n) is 9.55. The van der Waals surface area contributed by atoms with E-state index in [-0.39, 0.29) is 29.1 Å². The van der Waals surface area contributed by atoms with Crippen LogP contribution in [0, 0.1) is 0 Å². The highest BCUT2D eigenvalue weighted by Gasteiger charge is 2.23. The van der Waals surface area contributed by atoms with Gasteiger partial charge >= 0.3 is 12.0 Å². The van der Waals surface area contributed by atoms with Crippen LogP contribution in [0.4, 0.5) is 33.4 Å². The first-order valence-electron chi connectivity index (χ1n) is 19.4. The molecule has 6 aromatic rings. The van der Waals surface area contributed by atoms with E-state index in [1.807, 2.05) is 63.2 Å². The molecule has 0 aliphatic carbocycles. The standard InChI is InChI=1S/C45H50N6O10S/c1-45(2,3)28-21-37(42(57-6)38(22-28)50-62(8,54)55)49-44(53)48-36-14-16-40(35-12-10-9-11-34(35)36)61-31-17-18-46-41(26-31)47-29-23-32(56-5)25-33(24-29)60-20-19-59-27-30-13-15-39(51(30)4)43(52)58-7/h9-18,21-26,50H,19-20,27H2,1-8H3,(H,46,47)(H2,48,49,53). The number of nitrogens with zero attached hydrogens (tertiary/aromatic N) is 2. The third-order valence-corrected chi connectivity index (χ3v) is 10.1. The van der Waals surface area contributed by atoms with E-state index in [9.17, 15) is 18.0 Å². The Morgan fingerprint density at radius 1 is 0.774 bits per heavy atom. The molecule has 0 spiro atoms. The van der Waals surface area contributed by atoms with Crippen molar-refractivity contribution < 1.29 is 46.4 Å². The molecule has 326 valence electrons. The molecule has 0 aliphatic heterocycles. The molecule has 17 heteroatoms. The summed E-state index contributed by atoms with van der Waals surface area (Å²) in [5.74, 6) is 2.41. The maximum atomic E-state index is 13.5. The maximum Gasteiger partial charge on any atom is 0.354 e. The van der Waals surface area contributed by atoms with E-state index >= 15 is 0 Å². The Kier molecular flexibility index (Phi) is 13.8. The zero-order chi connectivity index (χ0) is 44.6. The first-order valence-corrected chi connectivity index (χ1v) is 21.3. The lowest BCUT2D eigenvalue weighted by Crippen LogP contribution is -2.22. The first kappa shape index (κ1) is 44.6. The molecular weight excluding hydrogens is 817 g/mol. The summed E-state index contributed by atoms with van der Waals surface area (Å²) in [6.45, 7) is 6.80. The average molecular weight is 867 g/mol. The number of benzene rings is 4. The molecule has 62 heavy (non-hydrogen) atoms. The third kappa shape index (κ3) is 11.2. The van der Waals surface area contributed by atoms with Crippen molar-refractivity contribution in [3.05, 3.63) is 114 Å². The van der Waals surface area contributed by atoms with Crippen LogP contribution in [-0.2, 0) is 38.6 Å². The van der Waals surface area contributed by atoms with Gasteiger partial charge in [0, 0.05) is 59.7 Å². The average Bonchev–Trinajstić information content (AvgIpc) is 3.59. The number of aromatic nitrogens is 2. The molecule has 2 heterocycles. The molecule has 4 N–H and O–H groups in total. The zero-order valence-electron chi connectivity index (χ0n) is 35.7. The number of hydrogen-bond donors (Lipinski definition) is 4. The van der Waals surface area contributed by atoms with Crippen molar-refractivity contribution >= 4 is 61.4 Å². The van der Waals surface area contributed by atoms with Crippen LogP contribution in [0.2, 0.25) is 0 Å². The Labute approximate surface area is 360 Å². The molecular formula is C45H50N6O10S. The highest BCUT2D eigenvalue weighted by molar-refractivity contribution is 7.92. The van der Waals surface area contributed by atoms with Gasteiger partial charge in [-0.15, -0.1) is 0 Å². The van der Waals surface area contributed by atoms with Crippen LogP contribution in [0.15, 0.2) is 97.2 Å². The van der Waals surface area contributed by atoms with E-state index in [2.05, 4.69) is 25.7 Å². The number of amides is 2. The minimum atomic E-state index is -3.65. The molecule has 2 amide bonds. The van der Waals surface area contributed by atoms with Crippen LogP contribution in [0.1, 0.15) is 42.5 Å². The Hall–Kier alpha value is -6.98. The molecule has 6 rings (SSSR count). The SMILES string of the molecule is COC(=O)c1ccc(COCCOc2cc(Nc3cc(Oc4ccc(NC(=O)Nc5cc(C(C)(C)C)cc(NS(C)(=O)=O)c5OC)c5ccccc45)ccn3)cc(OC)c2)n1C. The summed E-state index contributed by atoms with van der Waals surface area (Å²) >= 11 is 0. The highest BCUT2D eigenvalue weighted by atomic mass is 32.2. The number of methoxy groups -OCH3 is 3. The Balaban J connectivity index is 1.12. The number of anilines is 5. The quantitative estimate of drug-likeness (QED) is 0.0504. The molecule has 0 saturated carbocycles. The zero-order valence-corrected chi connectivity index (χ0v) is 36.6. The number of pyridine rings is 1. The second-order valence-electron chi connectivity index (χ2n) is 15.1. The van der Waals surface area contributed by atoms with Crippen LogP contribution >= 0.6 is 0 Å². The van der Waals surface area contributed by atoms with Gasteiger partial charge in [0.1, 0.15) is 41.1 Å². The number of hydrogen-bond acceptors (Lipinski definition) is 12. The lowest BCUT2D eigenvalue weighted by Gasteiger charge is -2.24. The van der Waals surface area contributed by atoms with Gasteiger partial charge in [-0.3, -0.25) is 4.72 Å². The largest absolute Gasteiger partial charge is 0.497 e. The number of carbonyl (C=O) groups excluding carboxylic acids is 2. The summed E-state index contributed by atoms with van der Waals surface area (Å²) in [6.07, 6.45) is 2.67. The molecule has 2 aromatic heterocycles. The maximum absolute atomic E-state index is 13.5. The fourth-order valence-corrected chi connectivity index (χ4v) is 7.01. The summed E-state index contributed by atoms with van der Waals surface area (Å²) in [5, 5.41) is 10.5. The molecule has 0 unspecified atom stereocenters. The summed E-state index contributed by atoms with van der Waals surface area (Å²) in [7, 11) is 2.44. The van der Waals surface area contributed by atoms with Crippen LogP contribution in [0.3, 0.4) is 0 Å². The van der Waals surface area contributed by atoms with Gasteiger partial charge in [-0.1, -0.05) is 45.0 Å². The van der Waals surface area contributed by atoms with Crippen LogP contribution in [0.25, 0.3) is 10.8 Å². The van der Waals surface area contributed by atoms with Gasteiger partial charge in [0.05, 0.1) is 57.9 Å². The number of sulfonamides is 1. The van der Waals surface area contributed by atoms with Gasteiger partial charge in [-0.05, 0) is 53.4 Å². The number of carbonyl (C=O) groups is 2. The summed E-state index contributed by atoms with van der Waals surface area (Å²) in [4.78, 5) is 29.9. The van der Waals surface area contributed by atoms with Crippen molar-refractivity contribution in [1.29, 1.82) is 0 Å². The number of nitrogens with one attached hydrogen (secondary N) is 4. The number of fused-ring (bicyclic) bond motifs is 1. The van der Waals surface area contributed by atoms with Crippen molar-refractivity contribution in [1.82, 2.24) is 9.55 Å². The van der Waals surface area contributed by atoms with Gasteiger partial charge in [0.2, 0.25) is 10.0 Å². The molecule has 0 atom stereocenters. The fraction of sp³-hybridized carbons (Fsp3) is 0.267. The predicted octanol–water partition coefficient (Wildman–Crippen LogP) is 8.82. The fourth-order valence-electron chi connectivity index (χ4n) is 6.46. The Bertz CT molecular complexity index is 2690. The van der Waals surface area contributed by atoms with Crippen LogP contribution < -0.4 is 39.6 Å². The van der Waals surface area contributed by atoms with Crippen molar-refractivity contribution in [3.8, 4) is 28.7 Å². The van der Waals surface area contributed by atoms with E-state index < -0.39 is 22.0 Å². The summed E-state index contributed by atoms with van der Waals surface area (Å²) < 4.78 is 62.7. The number of urea groups is 1. The van der Waals surface area contributed by atoms with Gasteiger partial charge in [-0.2, -0.15) is 0 Å². The normalized spacial score (nSPS) is 11.4. The van der Waals surface area contributed by atoms with E-state index in [1.54, 1.807) is 73.5 Å². The summed E-state index contributed by atoms with van der Waals surface area (Å²) in [6, 6.07) is 26.3. The van der Waals surface area contributed by atoms with Gasteiger partial charge in [0.15, 0.2) is 5.75 Å². The molecule has 0 radical (unpaired) electrons. The summed E-state index contributed by atoms with van der Waals surface area (Å²) in [5.41, 5.74) is 3.33. The van der Waals surface area contributed by atoms with Crippen LogP contribution in [-0.4, -0.2) is 70.8 Å². The van der Waals surface area contributed by atoms with E-state index in [1.165, 1.54) is 14.2 Å². The van der Waals surface area contributed by atoms with E-state index in [0.717, 1.165) is 22.9 Å². The lowest BCUT2D eigenvalue weighted by molar-refractivity contribution is 0.0586. The van der Waals surface area contributed by atoms with Crippen molar-refractivity contribution in [3.63, 3.8) is 0 Å². The highest BCUT2D eigenvalue weighted by Crippen LogP contribution is 2.40.